The molecule has 0 aliphatic heterocycles. The maximum absolute atomic E-state index is 10.6. The van der Waals surface area contributed by atoms with Gasteiger partial charge in [-0.3, -0.25) is 0 Å². The van der Waals surface area contributed by atoms with E-state index in [1.165, 1.54) is 0 Å². The standard InChI is InChI=1S/C45H25N5/c46-26-29-20-23-44-40(24-29)38-15-5-6-17-41(38)49(44)32-21-22-33(31(25-32)28-48)34-11-1-2-12-35(34)36-13-3-7-18-42(36)50-43-19-8-4-14-37(43)39-16-9-10-30(27-47)45(39)50/h1-25H. The first-order chi connectivity index (χ1) is 24.7. The van der Waals surface area contributed by atoms with Crippen LogP contribution in [0, 0.1) is 34.0 Å². The van der Waals surface area contributed by atoms with Gasteiger partial charge in [0.25, 0.3) is 0 Å². The second-order valence-corrected chi connectivity index (χ2v) is 12.3. The minimum atomic E-state index is 0.552. The van der Waals surface area contributed by atoms with Gasteiger partial charge in [-0.1, -0.05) is 97.1 Å². The number of fused-ring (bicyclic) bond motifs is 6. The molecule has 2 heterocycles. The summed E-state index contributed by atoms with van der Waals surface area (Å²) in [5.41, 5.74) is 11.2. The predicted octanol–water partition coefficient (Wildman–Crippen LogP) is 10.8. The number of aromatic nitrogens is 2. The lowest BCUT2D eigenvalue weighted by molar-refractivity contribution is 1.17. The molecule has 5 heteroatoms. The molecule has 0 atom stereocenters. The zero-order valence-electron chi connectivity index (χ0n) is 26.7. The molecule has 0 radical (unpaired) electrons. The molecule has 2 aromatic heterocycles. The third-order valence-electron chi connectivity index (χ3n) is 9.65. The molecule has 0 amide bonds. The van der Waals surface area contributed by atoms with Gasteiger partial charge in [-0.05, 0) is 65.7 Å². The van der Waals surface area contributed by atoms with Gasteiger partial charge in [0.05, 0.1) is 56.6 Å². The predicted molar refractivity (Wildman–Crippen MR) is 200 cm³/mol. The van der Waals surface area contributed by atoms with Crippen molar-refractivity contribution in [2.24, 2.45) is 0 Å². The van der Waals surface area contributed by atoms with Gasteiger partial charge in [0.15, 0.2) is 0 Å². The Morgan fingerprint density at radius 3 is 1.72 bits per heavy atom. The van der Waals surface area contributed by atoms with Crippen LogP contribution in [-0.4, -0.2) is 9.13 Å². The number of hydrogen-bond acceptors (Lipinski definition) is 3. The Kier molecular flexibility index (Phi) is 6.56. The first-order valence-corrected chi connectivity index (χ1v) is 16.3. The summed E-state index contributed by atoms with van der Waals surface area (Å²) in [7, 11) is 0. The lowest BCUT2D eigenvalue weighted by atomic mass is 9.91. The number of nitriles is 3. The van der Waals surface area contributed by atoms with Crippen molar-refractivity contribution in [2.75, 3.05) is 0 Å². The Balaban J connectivity index is 1.26. The molecule has 0 saturated carbocycles. The summed E-state index contributed by atoms with van der Waals surface area (Å²) in [4.78, 5) is 0. The molecule has 9 aromatic rings. The normalized spacial score (nSPS) is 11.1. The summed E-state index contributed by atoms with van der Waals surface area (Å²) in [5, 5.41) is 34.6. The minimum Gasteiger partial charge on any atom is -0.309 e. The van der Waals surface area contributed by atoms with Crippen molar-refractivity contribution in [3.8, 4) is 51.8 Å². The van der Waals surface area contributed by atoms with Crippen LogP contribution in [0.25, 0.3) is 77.2 Å². The smallest absolute Gasteiger partial charge is 0.101 e. The van der Waals surface area contributed by atoms with Gasteiger partial charge in [0, 0.05) is 38.4 Å². The average molecular weight is 636 g/mol. The van der Waals surface area contributed by atoms with Crippen molar-refractivity contribution < 1.29 is 0 Å². The molecule has 0 spiro atoms. The van der Waals surface area contributed by atoms with Gasteiger partial charge in [0.1, 0.15) is 6.07 Å². The van der Waals surface area contributed by atoms with Crippen LogP contribution in [0.5, 0.6) is 0 Å². The highest BCUT2D eigenvalue weighted by atomic mass is 15.0. The van der Waals surface area contributed by atoms with Crippen molar-refractivity contribution in [3.05, 3.63) is 168 Å². The summed E-state index contributed by atoms with van der Waals surface area (Å²) in [6, 6.07) is 57.7. The Labute approximate surface area is 287 Å². The molecule has 0 fully saturated rings. The van der Waals surface area contributed by atoms with Crippen LogP contribution in [0.2, 0.25) is 0 Å². The van der Waals surface area contributed by atoms with Crippen LogP contribution in [-0.2, 0) is 0 Å². The topological polar surface area (TPSA) is 81.2 Å². The molecule has 0 saturated heterocycles. The van der Waals surface area contributed by atoms with E-state index in [0.29, 0.717) is 16.7 Å². The molecule has 7 aromatic carbocycles. The fraction of sp³-hybridized carbons (Fsp3) is 0. The van der Waals surface area contributed by atoms with Crippen LogP contribution in [0.15, 0.2) is 152 Å². The largest absolute Gasteiger partial charge is 0.309 e. The number of para-hydroxylation sites is 4. The van der Waals surface area contributed by atoms with E-state index in [9.17, 15) is 15.8 Å². The maximum atomic E-state index is 10.6. The fourth-order valence-corrected chi connectivity index (χ4v) is 7.53. The van der Waals surface area contributed by atoms with Gasteiger partial charge < -0.3 is 9.13 Å². The summed E-state index contributed by atoms with van der Waals surface area (Å²) in [6.45, 7) is 0. The van der Waals surface area contributed by atoms with E-state index in [0.717, 1.165) is 77.2 Å². The van der Waals surface area contributed by atoms with E-state index in [1.807, 2.05) is 91.0 Å². The van der Waals surface area contributed by atoms with Crippen LogP contribution >= 0.6 is 0 Å². The number of hydrogen-bond donors (Lipinski definition) is 0. The maximum Gasteiger partial charge on any atom is 0.101 e. The molecule has 50 heavy (non-hydrogen) atoms. The second-order valence-electron chi connectivity index (χ2n) is 12.3. The molecular weight excluding hydrogens is 611 g/mol. The van der Waals surface area contributed by atoms with E-state index in [2.05, 4.69) is 88.0 Å². The molecule has 230 valence electrons. The van der Waals surface area contributed by atoms with E-state index < -0.39 is 0 Å². The van der Waals surface area contributed by atoms with E-state index >= 15 is 0 Å². The number of nitrogens with zero attached hydrogens (tertiary/aromatic N) is 5. The SMILES string of the molecule is N#Cc1ccc2c(c1)c1ccccc1n2-c1ccc(-c2ccccc2-c2ccccc2-n2c3ccccc3c3cccc(C#N)c32)c(C#N)c1. The molecule has 0 aliphatic rings. The molecule has 9 rings (SSSR count). The summed E-state index contributed by atoms with van der Waals surface area (Å²) < 4.78 is 4.36. The Hall–Kier alpha value is -7.39. The first kappa shape index (κ1) is 28.8. The highest BCUT2D eigenvalue weighted by Gasteiger charge is 2.21. The second kappa shape index (κ2) is 11.4. The zero-order valence-corrected chi connectivity index (χ0v) is 26.7. The van der Waals surface area contributed by atoms with E-state index in [1.54, 1.807) is 0 Å². The van der Waals surface area contributed by atoms with Crippen molar-refractivity contribution in [1.82, 2.24) is 9.13 Å². The van der Waals surface area contributed by atoms with Gasteiger partial charge in [-0.15, -0.1) is 0 Å². The van der Waals surface area contributed by atoms with E-state index in [-0.39, 0.29) is 0 Å². The fourth-order valence-electron chi connectivity index (χ4n) is 7.53. The zero-order chi connectivity index (χ0) is 33.8. The van der Waals surface area contributed by atoms with Gasteiger partial charge >= 0.3 is 0 Å². The molecule has 0 aliphatic carbocycles. The van der Waals surface area contributed by atoms with Crippen molar-refractivity contribution in [1.29, 1.82) is 15.8 Å². The third-order valence-corrected chi connectivity index (χ3v) is 9.65. The van der Waals surface area contributed by atoms with Crippen molar-refractivity contribution in [3.63, 3.8) is 0 Å². The molecule has 0 bridgehead atoms. The monoisotopic (exact) mass is 635 g/mol. The van der Waals surface area contributed by atoms with Crippen LogP contribution in [0.1, 0.15) is 16.7 Å². The summed E-state index contributed by atoms with van der Waals surface area (Å²) in [5.74, 6) is 0. The molecule has 5 nitrogen and oxygen atoms in total. The van der Waals surface area contributed by atoms with Crippen molar-refractivity contribution in [2.45, 2.75) is 0 Å². The van der Waals surface area contributed by atoms with Crippen LogP contribution < -0.4 is 0 Å². The summed E-state index contributed by atoms with van der Waals surface area (Å²) in [6.07, 6.45) is 0. The molecular formula is C45H25N5. The highest BCUT2D eigenvalue weighted by molar-refractivity contribution is 6.12. The summed E-state index contributed by atoms with van der Waals surface area (Å²) >= 11 is 0. The Morgan fingerprint density at radius 2 is 0.980 bits per heavy atom. The van der Waals surface area contributed by atoms with Gasteiger partial charge in [-0.25, -0.2) is 0 Å². The lowest BCUT2D eigenvalue weighted by Gasteiger charge is -2.18. The van der Waals surface area contributed by atoms with E-state index in [4.69, 9.17) is 0 Å². The van der Waals surface area contributed by atoms with Gasteiger partial charge in [0.2, 0.25) is 0 Å². The minimum absolute atomic E-state index is 0.552. The highest BCUT2D eigenvalue weighted by Crippen LogP contribution is 2.42. The van der Waals surface area contributed by atoms with Crippen LogP contribution in [0.4, 0.5) is 0 Å². The number of rotatable bonds is 4. The Morgan fingerprint density at radius 1 is 0.380 bits per heavy atom. The van der Waals surface area contributed by atoms with Crippen molar-refractivity contribution >= 4 is 43.6 Å². The molecule has 0 N–H and O–H groups in total. The first-order valence-electron chi connectivity index (χ1n) is 16.3. The third kappa shape index (κ3) is 4.24. The number of benzene rings is 7. The molecule has 0 unspecified atom stereocenters. The Bertz CT molecular complexity index is 2970. The quantitative estimate of drug-likeness (QED) is 0.193. The lowest BCUT2D eigenvalue weighted by Crippen LogP contribution is -2.00. The average Bonchev–Trinajstić information content (AvgIpc) is 3.70. The van der Waals surface area contributed by atoms with Gasteiger partial charge in [-0.2, -0.15) is 15.8 Å². The van der Waals surface area contributed by atoms with Crippen LogP contribution in [0.3, 0.4) is 0 Å².